The van der Waals surface area contributed by atoms with Crippen molar-refractivity contribution in [3.8, 4) is 5.82 Å². The van der Waals surface area contributed by atoms with Crippen LogP contribution in [-0.2, 0) is 12.8 Å². The second kappa shape index (κ2) is 6.20. The lowest BCUT2D eigenvalue weighted by Crippen LogP contribution is -2.13. The van der Waals surface area contributed by atoms with Crippen LogP contribution in [0.1, 0.15) is 33.5 Å². The fraction of sp³-hybridized carbons (Fsp3) is 0.278. The van der Waals surface area contributed by atoms with E-state index in [0.29, 0.717) is 17.4 Å². The van der Waals surface area contributed by atoms with Crippen molar-refractivity contribution in [2.45, 2.75) is 26.2 Å². The molecule has 1 aliphatic rings. The van der Waals surface area contributed by atoms with Crippen LogP contribution in [0.2, 0.25) is 0 Å². The van der Waals surface area contributed by atoms with Crippen LogP contribution in [0, 0.1) is 5.92 Å². The van der Waals surface area contributed by atoms with Crippen LogP contribution in [0.25, 0.3) is 5.82 Å². The third kappa shape index (κ3) is 2.85. The van der Waals surface area contributed by atoms with E-state index in [4.69, 9.17) is 0 Å². The van der Waals surface area contributed by atoms with E-state index in [2.05, 4.69) is 28.4 Å². The Kier molecular flexibility index (Phi) is 3.90. The second-order valence-corrected chi connectivity index (χ2v) is 7.32. The van der Waals surface area contributed by atoms with Crippen LogP contribution in [0.3, 0.4) is 0 Å². The molecule has 0 saturated carbocycles. The molecule has 0 aromatic carbocycles. The zero-order valence-corrected chi connectivity index (χ0v) is 14.2. The van der Waals surface area contributed by atoms with Crippen LogP contribution < -0.4 is 5.32 Å². The number of aryl methyl sites for hydroxylation is 1. The zero-order valence-electron chi connectivity index (χ0n) is 13.4. The van der Waals surface area contributed by atoms with Gasteiger partial charge in [0.15, 0.2) is 5.82 Å². The molecule has 24 heavy (non-hydrogen) atoms. The van der Waals surface area contributed by atoms with Crippen LogP contribution in [-0.4, -0.2) is 20.7 Å². The number of rotatable bonds is 3. The summed E-state index contributed by atoms with van der Waals surface area (Å²) in [7, 11) is 0. The number of thiophene rings is 1. The van der Waals surface area contributed by atoms with Gasteiger partial charge in [-0.25, -0.2) is 9.67 Å². The number of hydrogen-bond acceptors (Lipinski definition) is 4. The first-order valence-electron chi connectivity index (χ1n) is 8.08. The standard InChI is InChI=1S/C18H18N4OS/c1-12-5-6-15-13(10-12)11-16(24-15)18(23)21-14-4-2-7-19-17(14)22-9-3-8-20-22/h2-4,7-9,11-12H,5-6,10H2,1H3,(H,21,23). The molecule has 0 aliphatic heterocycles. The van der Waals surface area contributed by atoms with Gasteiger partial charge in [-0.2, -0.15) is 5.10 Å². The molecule has 1 amide bonds. The maximum atomic E-state index is 12.7. The van der Waals surface area contributed by atoms with E-state index >= 15 is 0 Å². The molecule has 6 heteroatoms. The van der Waals surface area contributed by atoms with Gasteiger partial charge in [0.1, 0.15) is 0 Å². The molecular formula is C18H18N4OS. The number of fused-ring (bicyclic) bond motifs is 1. The summed E-state index contributed by atoms with van der Waals surface area (Å²) < 4.78 is 1.65. The molecule has 1 atom stereocenters. The number of amides is 1. The van der Waals surface area contributed by atoms with Gasteiger partial charge in [-0.1, -0.05) is 6.92 Å². The Morgan fingerprint density at radius 1 is 1.38 bits per heavy atom. The van der Waals surface area contributed by atoms with Gasteiger partial charge >= 0.3 is 0 Å². The van der Waals surface area contributed by atoms with Gasteiger partial charge in [-0.05, 0) is 55.0 Å². The average Bonchev–Trinajstić information content (AvgIpc) is 3.24. The molecule has 0 fully saturated rings. The number of nitrogens with zero attached hydrogens (tertiary/aromatic N) is 3. The van der Waals surface area contributed by atoms with E-state index < -0.39 is 0 Å². The summed E-state index contributed by atoms with van der Waals surface area (Å²) in [6.45, 7) is 2.27. The Balaban J connectivity index is 1.59. The number of pyridine rings is 1. The predicted molar refractivity (Wildman–Crippen MR) is 94.8 cm³/mol. The van der Waals surface area contributed by atoms with Crippen molar-refractivity contribution in [3.05, 3.63) is 58.2 Å². The summed E-state index contributed by atoms with van der Waals surface area (Å²) in [4.78, 5) is 19.1. The Labute approximate surface area is 144 Å². The molecule has 5 nitrogen and oxygen atoms in total. The van der Waals surface area contributed by atoms with E-state index in [-0.39, 0.29) is 5.91 Å². The minimum Gasteiger partial charge on any atom is -0.318 e. The first-order valence-corrected chi connectivity index (χ1v) is 8.90. The van der Waals surface area contributed by atoms with E-state index in [9.17, 15) is 4.79 Å². The van der Waals surface area contributed by atoms with Crippen LogP contribution >= 0.6 is 11.3 Å². The summed E-state index contributed by atoms with van der Waals surface area (Å²) >= 11 is 1.61. The van der Waals surface area contributed by atoms with Crippen molar-refractivity contribution in [2.24, 2.45) is 5.92 Å². The smallest absolute Gasteiger partial charge is 0.265 e. The molecular weight excluding hydrogens is 320 g/mol. The summed E-state index contributed by atoms with van der Waals surface area (Å²) in [5, 5.41) is 7.18. The highest BCUT2D eigenvalue weighted by Gasteiger charge is 2.21. The highest BCUT2D eigenvalue weighted by molar-refractivity contribution is 7.14. The summed E-state index contributed by atoms with van der Waals surface area (Å²) in [6.07, 6.45) is 8.56. The third-order valence-corrected chi connectivity index (χ3v) is 5.55. The summed E-state index contributed by atoms with van der Waals surface area (Å²) in [6, 6.07) is 7.53. The molecule has 122 valence electrons. The molecule has 0 radical (unpaired) electrons. The van der Waals surface area contributed by atoms with E-state index in [1.807, 2.05) is 24.4 Å². The number of carbonyl (C=O) groups is 1. The number of anilines is 1. The number of hydrogen-bond donors (Lipinski definition) is 1. The zero-order chi connectivity index (χ0) is 16.5. The normalized spacial score (nSPS) is 16.6. The van der Waals surface area contributed by atoms with Gasteiger partial charge < -0.3 is 5.32 Å². The number of nitrogens with one attached hydrogen (secondary N) is 1. The van der Waals surface area contributed by atoms with Crippen LogP contribution in [0.4, 0.5) is 5.69 Å². The summed E-state index contributed by atoms with van der Waals surface area (Å²) in [5.74, 6) is 1.24. The van der Waals surface area contributed by atoms with Gasteiger partial charge in [0, 0.05) is 23.5 Å². The first-order chi connectivity index (χ1) is 11.7. The van der Waals surface area contributed by atoms with E-state index in [1.165, 1.54) is 16.9 Å². The molecule has 1 N–H and O–H groups in total. The molecule has 4 rings (SSSR count). The molecule has 0 spiro atoms. The Morgan fingerprint density at radius 2 is 2.29 bits per heavy atom. The fourth-order valence-electron chi connectivity index (χ4n) is 3.07. The summed E-state index contributed by atoms with van der Waals surface area (Å²) in [5.41, 5.74) is 1.99. The largest absolute Gasteiger partial charge is 0.318 e. The molecule has 3 aromatic heterocycles. The maximum absolute atomic E-state index is 12.7. The predicted octanol–water partition coefficient (Wildman–Crippen LogP) is 3.71. The highest BCUT2D eigenvalue weighted by atomic mass is 32.1. The lowest BCUT2D eigenvalue weighted by Gasteiger charge is -2.16. The quantitative estimate of drug-likeness (QED) is 0.792. The average molecular weight is 338 g/mol. The van der Waals surface area contributed by atoms with Gasteiger partial charge in [0.05, 0.1) is 10.6 Å². The van der Waals surface area contributed by atoms with Crippen molar-refractivity contribution >= 4 is 22.9 Å². The lowest BCUT2D eigenvalue weighted by atomic mass is 9.90. The minimum atomic E-state index is -0.0801. The number of carbonyl (C=O) groups excluding carboxylic acids is 1. The van der Waals surface area contributed by atoms with Gasteiger partial charge in [0.2, 0.25) is 0 Å². The van der Waals surface area contributed by atoms with Crippen LogP contribution in [0.15, 0.2) is 42.9 Å². The second-order valence-electron chi connectivity index (χ2n) is 6.19. The van der Waals surface area contributed by atoms with Crippen molar-refractivity contribution in [1.29, 1.82) is 0 Å². The Hall–Kier alpha value is -2.47. The monoisotopic (exact) mass is 338 g/mol. The fourth-order valence-corrected chi connectivity index (χ4v) is 4.18. The van der Waals surface area contributed by atoms with E-state index in [1.54, 1.807) is 28.4 Å². The van der Waals surface area contributed by atoms with Gasteiger partial charge in [-0.3, -0.25) is 4.79 Å². The lowest BCUT2D eigenvalue weighted by molar-refractivity contribution is 0.103. The molecule has 1 unspecified atom stereocenters. The molecule has 0 bridgehead atoms. The van der Waals surface area contributed by atoms with Crippen molar-refractivity contribution in [2.75, 3.05) is 5.32 Å². The van der Waals surface area contributed by atoms with Crippen molar-refractivity contribution < 1.29 is 4.79 Å². The molecule has 1 aliphatic carbocycles. The number of aromatic nitrogens is 3. The molecule has 3 heterocycles. The van der Waals surface area contributed by atoms with Gasteiger partial charge in [0.25, 0.3) is 5.91 Å². The first kappa shape index (κ1) is 15.1. The van der Waals surface area contributed by atoms with Crippen molar-refractivity contribution in [3.63, 3.8) is 0 Å². The minimum absolute atomic E-state index is 0.0801. The SMILES string of the molecule is CC1CCc2sc(C(=O)Nc3cccnc3-n3cccn3)cc2C1. The topological polar surface area (TPSA) is 59.8 Å². The Morgan fingerprint density at radius 3 is 3.12 bits per heavy atom. The third-order valence-electron chi connectivity index (χ3n) is 4.31. The molecule has 3 aromatic rings. The van der Waals surface area contributed by atoms with E-state index in [0.717, 1.165) is 17.7 Å². The molecule has 0 saturated heterocycles. The van der Waals surface area contributed by atoms with Crippen molar-refractivity contribution in [1.82, 2.24) is 14.8 Å². The Bertz CT molecular complexity index is 869. The maximum Gasteiger partial charge on any atom is 0.265 e. The van der Waals surface area contributed by atoms with Crippen LogP contribution in [0.5, 0.6) is 0 Å². The highest BCUT2D eigenvalue weighted by Crippen LogP contribution is 2.32. The van der Waals surface area contributed by atoms with Gasteiger partial charge in [-0.15, -0.1) is 11.3 Å².